The van der Waals surface area contributed by atoms with Gasteiger partial charge in [-0.1, -0.05) is 36.9 Å². The van der Waals surface area contributed by atoms with Crippen molar-refractivity contribution in [3.05, 3.63) is 48.6 Å². The van der Waals surface area contributed by atoms with Crippen molar-refractivity contribution in [1.29, 1.82) is 0 Å². The third-order valence-corrected chi connectivity index (χ3v) is 2.75. The van der Waals surface area contributed by atoms with Gasteiger partial charge in [0.25, 0.3) is 0 Å². The van der Waals surface area contributed by atoms with Crippen LogP contribution in [-0.2, 0) is 9.47 Å². The van der Waals surface area contributed by atoms with Gasteiger partial charge in [-0.2, -0.15) is 0 Å². The zero-order valence-corrected chi connectivity index (χ0v) is 9.51. The minimum atomic E-state index is -0.676. The molecule has 1 aromatic rings. The first-order chi connectivity index (χ1) is 7.69. The molecule has 2 unspecified atom stereocenters. The predicted octanol–water partition coefficient (Wildman–Crippen LogP) is 2.71. The number of aliphatic imine (C=N–C) groups is 1. The van der Waals surface area contributed by atoms with Gasteiger partial charge in [0.2, 0.25) is 11.6 Å². The summed E-state index contributed by atoms with van der Waals surface area (Å²) in [5.41, 5.74) is 0.373. The molecule has 0 N–H and O–H groups in total. The van der Waals surface area contributed by atoms with Crippen LogP contribution in [0.4, 0.5) is 0 Å². The van der Waals surface area contributed by atoms with Crippen molar-refractivity contribution in [3.63, 3.8) is 0 Å². The first-order valence-corrected chi connectivity index (χ1v) is 5.18. The summed E-state index contributed by atoms with van der Waals surface area (Å²) in [6.45, 7) is 5.56. The van der Waals surface area contributed by atoms with Crippen molar-refractivity contribution >= 4 is 5.90 Å². The summed E-state index contributed by atoms with van der Waals surface area (Å²) in [5.74, 6) is 0.526. The SMILES string of the molecule is C=CC1=NC(C)(OC)C(c2ccccc2)O1. The zero-order valence-electron chi connectivity index (χ0n) is 9.51. The van der Waals surface area contributed by atoms with Crippen LogP contribution in [0.2, 0.25) is 0 Å². The third-order valence-electron chi connectivity index (χ3n) is 2.75. The van der Waals surface area contributed by atoms with E-state index in [1.54, 1.807) is 13.2 Å². The van der Waals surface area contributed by atoms with E-state index in [9.17, 15) is 0 Å². The van der Waals surface area contributed by atoms with Crippen molar-refractivity contribution in [1.82, 2.24) is 0 Å². The average Bonchev–Trinajstić information content (AvgIpc) is 2.69. The smallest absolute Gasteiger partial charge is 0.211 e. The number of hydrogen-bond acceptors (Lipinski definition) is 3. The molecule has 0 saturated heterocycles. The highest BCUT2D eigenvalue weighted by Gasteiger charge is 2.42. The Bertz CT molecular complexity index is 413. The van der Waals surface area contributed by atoms with E-state index in [4.69, 9.17) is 9.47 Å². The molecule has 0 fully saturated rings. The van der Waals surface area contributed by atoms with Gasteiger partial charge in [0.15, 0.2) is 6.10 Å². The maximum atomic E-state index is 5.71. The topological polar surface area (TPSA) is 30.8 Å². The molecule has 0 bridgehead atoms. The monoisotopic (exact) mass is 217 g/mol. The fraction of sp³-hybridized carbons (Fsp3) is 0.308. The molecule has 1 aliphatic heterocycles. The van der Waals surface area contributed by atoms with Gasteiger partial charge in [0.1, 0.15) is 0 Å². The summed E-state index contributed by atoms with van der Waals surface area (Å²) in [6, 6.07) is 9.92. The fourth-order valence-corrected chi connectivity index (χ4v) is 1.79. The molecular weight excluding hydrogens is 202 g/mol. The molecule has 0 aromatic heterocycles. The molecule has 2 atom stereocenters. The molecule has 1 heterocycles. The molecule has 0 radical (unpaired) electrons. The first kappa shape index (κ1) is 10.9. The van der Waals surface area contributed by atoms with E-state index in [0.717, 1.165) is 5.56 Å². The Morgan fingerprint density at radius 1 is 1.44 bits per heavy atom. The number of ether oxygens (including phenoxy) is 2. The molecular formula is C13H15NO2. The summed E-state index contributed by atoms with van der Waals surface area (Å²) >= 11 is 0. The van der Waals surface area contributed by atoms with E-state index in [1.165, 1.54) is 0 Å². The molecule has 3 heteroatoms. The summed E-state index contributed by atoms with van der Waals surface area (Å²) < 4.78 is 11.1. The number of benzene rings is 1. The van der Waals surface area contributed by atoms with Gasteiger partial charge < -0.3 is 9.47 Å². The van der Waals surface area contributed by atoms with Gasteiger partial charge in [0.05, 0.1) is 0 Å². The molecule has 84 valence electrons. The minimum absolute atomic E-state index is 0.216. The average molecular weight is 217 g/mol. The lowest BCUT2D eigenvalue weighted by molar-refractivity contribution is -0.0563. The van der Waals surface area contributed by atoms with Gasteiger partial charge in [-0.05, 0) is 18.6 Å². The third kappa shape index (κ3) is 1.74. The van der Waals surface area contributed by atoms with E-state index < -0.39 is 5.72 Å². The van der Waals surface area contributed by atoms with Gasteiger partial charge in [-0.3, -0.25) is 0 Å². The van der Waals surface area contributed by atoms with Crippen LogP contribution in [0.3, 0.4) is 0 Å². The van der Waals surface area contributed by atoms with E-state index in [-0.39, 0.29) is 6.10 Å². The van der Waals surface area contributed by atoms with Crippen LogP contribution in [0.25, 0.3) is 0 Å². The molecule has 0 aliphatic carbocycles. The second-order valence-corrected chi connectivity index (χ2v) is 3.82. The Labute approximate surface area is 95.4 Å². The summed E-state index contributed by atoms with van der Waals surface area (Å²) in [4.78, 5) is 4.37. The van der Waals surface area contributed by atoms with Crippen LogP contribution in [-0.4, -0.2) is 18.7 Å². The van der Waals surface area contributed by atoms with Crippen molar-refractivity contribution in [2.75, 3.05) is 7.11 Å². The second kappa shape index (κ2) is 4.10. The molecule has 1 aromatic carbocycles. The van der Waals surface area contributed by atoms with Crippen LogP contribution < -0.4 is 0 Å². The van der Waals surface area contributed by atoms with Crippen LogP contribution in [0, 0.1) is 0 Å². The van der Waals surface area contributed by atoms with Crippen LogP contribution in [0.5, 0.6) is 0 Å². The Morgan fingerprint density at radius 2 is 2.12 bits per heavy atom. The maximum absolute atomic E-state index is 5.71. The quantitative estimate of drug-likeness (QED) is 0.779. The molecule has 2 rings (SSSR count). The Kier molecular flexibility index (Phi) is 2.79. The minimum Gasteiger partial charge on any atom is -0.464 e. The van der Waals surface area contributed by atoms with E-state index in [1.807, 2.05) is 37.3 Å². The van der Waals surface area contributed by atoms with E-state index in [0.29, 0.717) is 5.90 Å². The van der Waals surface area contributed by atoms with Crippen molar-refractivity contribution in [2.24, 2.45) is 4.99 Å². The number of methoxy groups -OCH3 is 1. The largest absolute Gasteiger partial charge is 0.464 e. The van der Waals surface area contributed by atoms with Gasteiger partial charge >= 0.3 is 0 Å². The van der Waals surface area contributed by atoms with Crippen LogP contribution >= 0.6 is 0 Å². The molecule has 16 heavy (non-hydrogen) atoms. The van der Waals surface area contributed by atoms with Crippen LogP contribution in [0.1, 0.15) is 18.6 Å². The van der Waals surface area contributed by atoms with Crippen LogP contribution in [0.15, 0.2) is 48.0 Å². The van der Waals surface area contributed by atoms with Crippen molar-refractivity contribution in [3.8, 4) is 0 Å². The van der Waals surface area contributed by atoms with Gasteiger partial charge in [-0.25, -0.2) is 4.99 Å². The highest BCUT2D eigenvalue weighted by atomic mass is 16.6. The number of rotatable bonds is 3. The second-order valence-electron chi connectivity index (χ2n) is 3.82. The molecule has 0 amide bonds. The highest BCUT2D eigenvalue weighted by Crippen LogP contribution is 2.38. The normalized spacial score (nSPS) is 28.4. The summed E-state index contributed by atoms with van der Waals surface area (Å²) in [7, 11) is 1.63. The Balaban J connectivity index is 2.34. The number of nitrogens with zero attached hydrogens (tertiary/aromatic N) is 1. The van der Waals surface area contributed by atoms with E-state index >= 15 is 0 Å². The lowest BCUT2D eigenvalue weighted by atomic mass is 10.0. The van der Waals surface area contributed by atoms with Gasteiger partial charge in [0, 0.05) is 7.11 Å². The first-order valence-electron chi connectivity index (χ1n) is 5.18. The van der Waals surface area contributed by atoms with E-state index in [2.05, 4.69) is 11.6 Å². The lowest BCUT2D eigenvalue weighted by Gasteiger charge is -2.26. The molecule has 1 aliphatic rings. The molecule has 3 nitrogen and oxygen atoms in total. The molecule has 0 spiro atoms. The Morgan fingerprint density at radius 3 is 2.69 bits per heavy atom. The molecule has 0 saturated carbocycles. The highest BCUT2D eigenvalue weighted by molar-refractivity contribution is 5.89. The summed E-state index contributed by atoms with van der Waals surface area (Å²) in [5, 5.41) is 0. The summed E-state index contributed by atoms with van der Waals surface area (Å²) in [6.07, 6.45) is 1.38. The standard InChI is InChI=1S/C13H15NO2/c1-4-11-14-13(2,15-3)12(16-11)10-8-6-5-7-9-10/h4-9,12H,1H2,2-3H3. The predicted molar refractivity (Wildman–Crippen MR) is 63.3 cm³/mol. The van der Waals surface area contributed by atoms with Crippen molar-refractivity contribution < 1.29 is 9.47 Å². The van der Waals surface area contributed by atoms with Gasteiger partial charge in [-0.15, -0.1) is 0 Å². The zero-order chi connectivity index (χ0) is 11.6. The maximum Gasteiger partial charge on any atom is 0.211 e. The number of hydrogen-bond donors (Lipinski definition) is 0. The van der Waals surface area contributed by atoms with Crippen molar-refractivity contribution in [2.45, 2.75) is 18.8 Å². The fourth-order valence-electron chi connectivity index (χ4n) is 1.79. The lowest BCUT2D eigenvalue weighted by Crippen LogP contribution is -2.30. The Hall–Kier alpha value is -1.61.